The van der Waals surface area contributed by atoms with Gasteiger partial charge >= 0.3 is 0 Å². The molecule has 1 amide bonds. The minimum absolute atomic E-state index is 0.0176. The molecule has 0 fully saturated rings. The average molecular weight is 382 g/mol. The molecule has 0 aliphatic heterocycles. The molecule has 0 unspecified atom stereocenters. The first-order valence-electron chi connectivity index (χ1n) is 9.48. The summed E-state index contributed by atoms with van der Waals surface area (Å²) in [5.74, 6) is 0.386. The second-order valence-corrected chi connectivity index (χ2v) is 8.08. The zero-order chi connectivity index (χ0) is 19.0. The Bertz CT molecular complexity index is 1080. The number of carbonyl (C=O) groups excluding carboxylic acids is 1. The largest absolute Gasteiger partial charge is 0.324 e. The minimum atomic E-state index is -0.202. The van der Waals surface area contributed by atoms with E-state index in [1.165, 1.54) is 15.9 Å². The number of nitrogens with one attached hydrogen (secondary N) is 1. The molecule has 2 aromatic heterocycles. The van der Waals surface area contributed by atoms with Crippen LogP contribution in [0.4, 0.5) is 5.69 Å². The summed E-state index contributed by atoms with van der Waals surface area (Å²) in [6.45, 7) is 3.83. The monoisotopic (exact) mass is 381 g/mol. The first-order valence-corrected chi connectivity index (χ1v) is 10.3. The van der Waals surface area contributed by atoms with Crippen LogP contribution in [0.15, 0.2) is 29.1 Å². The van der Waals surface area contributed by atoms with Crippen LogP contribution in [0, 0.1) is 6.92 Å². The Balaban J connectivity index is 1.67. The number of fused-ring (bicyclic) bond motifs is 3. The molecular weight excluding hydrogens is 358 g/mol. The van der Waals surface area contributed by atoms with E-state index in [1.807, 2.05) is 24.3 Å². The molecule has 3 aromatic rings. The molecule has 1 aliphatic carbocycles. The highest BCUT2D eigenvalue weighted by Crippen LogP contribution is 2.33. The van der Waals surface area contributed by atoms with Gasteiger partial charge in [-0.15, -0.1) is 11.3 Å². The van der Waals surface area contributed by atoms with Gasteiger partial charge in [-0.25, -0.2) is 4.98 Å². The van der Waals surface area contributed by atoms with Gasteiger partial charge < -0.3 is 5.32 Å². The molecular formula is C21H23N3O2S. The third-order valence-electron chi connectivity index (χ3n) is 5.24. The molecule has 1 aliphatic rings. The molecule has 4 rings (SSSR count). The highest BCUT2D eigenvalue weighted by Gasteiger charge is 2.22. The quantitative estimate of drug-likeness (QED) is 0.747. The number of hydrogen-bond acceptors (Lipinski definition) is 4. The van der Waals surface area contributed by atoms with Gasteiger partial charge in [-0.2, -0.15) is 0 Å². The van der Waals surface area contributed by atoms with Crippen molar-refractivity contribution >= 4 is 33.1 Å². The molecule has 0 saturated heterocycles. The molecule has 1 aromatic carbocycles. The van der Waals surface area contributed by atoms with E-state index in [2.05, 4.69) is 17.2 Å². The van der Waals surface area contributed by atoms with E-state index in [0.717, 1.165) is 52.7 Å². The summed E-state index contributed by atoms with van der Waals surface area (Å²) in [7, 11) is 0. The second kappa shape index (κ2) is 7.27. The van der Waals surface area contributed by atoms with Crippen LogP contribution in [0.2, 0.25) is 0 Å². The Morgan fingerprint density at radius 2 is 2.04 bits per heavy atom. The Hall–Kier alpha value is -2.47. The van der Waals surface area contributed by atoms with Crippen molar-refractivity contribution in [1.29, 1.82) is 0 Å². The summed E-state index contributed by atoms with van der Waals surface area (Å²) in [6, 6.07) is 7.75. The normalized spacial score (nSPS) is 13.6. The number of hydrogen-bond donors (Lipinski definition) is 1. The Labute approximate surface area is 162 Å². The van der Waals surface area contributed by atoms with Gasteiger partial charge in [0.25, 0.3) is 5.56 Å². The second-order valence-electron chi connectivity index (χ2n) is 7.00. The van der Waals surface area contributed by atoms with Crippen molar-refractivity contribution in [2.45, 2.75) is 52.5 Å². The van der Waals surface area contributed by atoms with Gasteiger partial charge in [-0.05, 0) is 56.2 Å². The zero-order valence-electron chi connectivity index (χ0n) is 15.7. The fourth-order valence-corrected chi connectivity index (χ4v) is 5.11. The summed E-state index contributed by atoms with van der Waals surface area (Å²) in [5.41, 5.74) is 2.95. The zero-order valence-corrected chi connectivity index (χ0v) is 16.5. The van der Waals surface area contributed by atoms with E-state index in [4.69, 9.17) is 0 Å². The summed E-state index contributed by atoms with van der Waals surface area (Å²) in [6.07, 6.45) is 5.09. The van der Waals surface area contributed by atoms with Crippen molar-refractivity contribution in [2.24, 2.45) is 0 Å². The number of carbonyl (C=O) groups is 1. The molecule has 0 radical (unpaired) electrons. The van der Waals surface area contributed by atoms with Crippen LogP contribution in [-0.2, 0) is 30.6 Å². The lowest BCUT2D eigenvalue weighted by Gasteiger charge is -2.13. The van der Waals surface area contributed by atoms with Crippen LogP contribution >= 0.6 is 11.3 Å². The van der Waals surface area contributed by atoms with Crippen LogP contribution in [0.25, 0.3) is 10.2 Å². The minimum Gasteiger partial charge on any atom is -0.324 e. The molecule has 27 heavy (non-hydrogen) atoms. The molecule has 0 bridgehead atoms. The van der Waals surface area contributed by atoms with Gasteiger partial charge in [-0.1, -0.05) is 25.1 Å². The van der Waals surface area contributed by atoms with Crippen molar-refractivity contribution in [3.63, 3.8) is 0 Å². The summed E-state index contributed by atoms with van der Waals surface area (Å²) >= 11 is 1.64. The van der Waals surface area contributed by atoms with Crippen LogP contribution in [-0.4, -0.2) is 15.5 Å². The lowest BCUT2D eigenvalue weighted by molar-refractivity contribution is -0.116. The van der Waals surface area contributed by atoms with Gasteiger partial charge in [-0.3, -0.25) is 14.2 Å². The first-order chi connectivity index (χ1) is 13.1. The predicted molar refractivity (Wildman–Crippen MR) is 110 cm³/mol. The van der Waals surface area contributed by atoms with E-state index < -0.39 is 0 Å². The lowest BCUT2D eigenvalue weighted by Crippen LogP contribution is -2.30. The van der Waals surface area contributed by atoms with Gasteiger partial charge in [0.2, 0.25) is 5.91 Å². The Morgan fingerprint density at radius 1 is 1.26 bits per heavy atom. The fraction of sp³-hybridized carbons (Fsp3) is 0.381. The third kappa shape index (κ3) is 3.30. The van der Waals surface area contributed by atoms with Crippen molar-refractivity contribution in [1.82, 2.24) is 9.55 Å². The molecule has 0 saturated carbocycles. The molecule has 0 atom stereocenters. The van der Waals surface area contributed by atoms with Gasteiger partial charge in [0.1, 0.15) is 17.2 Å². The van der Waals surface area contributed by atoms with Gasteiger partial charge in [0.05, 0.1) is 5.39 Å². The van der Waals surface area contributed by atoms with E-state index in [-0.39, 0.29) is 18.0 Å². The van der Waals surface area contributed by atoms with Crippen LogP contribution in [0.1, 0.15) is 41.6 Å². The summed E-state index contributed by atoms with van der Waals surface area (Å²) < 4.78 is 1.51. The first kappa shape index (κ1) is 17.9. The number of amides is 1. The maximum Gasteiger partial charge on any atom is 0.263 e. The topological polar surface area (TPSA) is 64.0 Å². The summed E-state index contributed by atoms with van der Waals surface area (Å²) in [5, 5.41) is 3.67. The number of thiophene rings is 1. The van der Waals surface area contributed by atoms with Gasteiger partial charge in [0.15, 0.2) is 0 Å². The van der Waals surface area contributed by atoms with E-state index >= 15 is 0 Å². The number of para-hydroxylation sites is 1. The van der Waals surface area contributed by atoms with E-state index in [9.17, 15) is 9.59 Å². The number of aromatic nitrogens is 2. The maximum absolute atomic E-state index is 13.1. The smallest absolute Gasteiger partial charge is 0.263 e. The standard InChI is InChI=1S/C21H23N3O2S/c1-3-14-8-4-6-10-16(14)23-18(25)12-24-13(2)22-20-19(21(24)26)15-9-5-7-11-17(15)27-20/h4,6,8,10H,3,5,7,9,11-12H2,1-2H3,(H,23,25). The molecule has 0 spiro atoms. The van der Waals surface area contributed by atoms with Gasteiger partial charge in [0, 0.05) is 10.6 Å². The average Bonchev–Trinajstić information content (AvgIpc) is 3.03. The Morgan fingerprint density at radius 3 is 2.85 bits per heavy atom. The molecule has 140 valence electrons. The van der Waals surface area contributed by atoms with Crippen molar-refractivity contribution in [3.8, 4) is 0 Å². The van der Waals surface area contributed by atoms with E-state index in [0.29, 0.717) is 5.82 Å². The number of benzene rings is 1. The van der Waals surface area contributed by atoms with Crippen LogP contribution in [0.5, 0.6) is 0 Å². The lowest BCUT2D eigenvalue weighted by atomic mass is 9.97. The van der Waals surface area contributed by atoms with Crippen LogP contribution < -0.4 is 10.9 Å². The molecule has 6 heteroatoms. The molecule has 1 N–H and O–H groups in total. The number of rotatable bonds is 4. The highest BCUT2D eigenvalue weighted by atomic mass is 32.1. The van der Waals surface area contributed by atoms with Crippen molar-refractivity contribution in [3.05, 3.63) is 56.4 Å². The fourth-order valence-electron chi connectivity index (χ4n) is 3.81. The highest BCUT2D eigenvalue weighted by molar-refractivity contribution is 7.18. The van der Waals surface area contributed by atoms with Crippen molar-refractivity contribution < 1.29 is 4.79 Å². The van der Waals surface area contributed by atoms with Crippen LogP contribution in [0.3, 0.4) is 0 Å². The molecule has 5 nitrogen and oxygen atoms in total. The van der Waals surface area contributed by atoms with E-state index in [1.54, 1.807) is 18.3 Å². The number of aryl methyl sites for hydroxylation is 4. The summed E-state index contributed by atoms with van der Waals surface area (Å²) in [4.78, 5) is 32.5. The Kier molecular flexibility index (Phi) is 4.83. The number of anilines is 1. The molecule has 2 heterocycles. The van der Waals surface area contributed by atoms with Crippen molar-refractivity contribution in [2.75, 3.05) is 5.32 Å². The number of nitrogens with zero attached hydrogens (tertiary/aromatic N) is 2. The predicted octanol–water partition coefficient (Wildman–Crippen LogP) is 3.85. The maximum atomic E-state index is 13.1. The SMILES string of the molecule is CCc1ccccc1NC(=O)Cn1c(C)nc2sc3c(c2c1=O)CCCC3. The third-order valence-corrected chi connectivity index (χ3v) is 6.43.